The van der Waals surface area contributed by atoms with Gasteiger partial charge in [0, 0.05) is 5.71 Å². The highest BCUT2D eigenvalue weighted by atomic mass is 35.5. The van der Waals surface area contributed by atoms with Crippen LogP contribution in [-0.4, -0.2) is 20.0 Å². The first kappa shape index (κ1) is 23.0. The SMILES string of the molecule is CCC1=C(C(=O)NS(=O)(=O)c2ccccc2Cl)N=C(c2cccc(C(F)(F)F)c2)CC1. The minimum Gasteiger partial charge on any atom is -0.266 e. The van der Waals surface area contributed by atoms with Gasteiger partial charge in [0.15, 0.2) is 0 Å². The van der Waals surface area contributed by atoms with E-state index in [1.54, 1.807) is 13.0 Å². The van der Waals surface area contributed by atoms with Gasteiger partial charge in [-0.05, 0) is 54.7 Å². The molecule has 0 bridgehead atoms. The Balaban J connectivity index is 1.95. The van der Waals surface area contributed by atoms with Gasteiger partial charge in [-0.3, -0.25) is 4.79 Å². The van der Waals surface area contributed by atoms with Crippen molar-refractivity contribution in [1.82, 2.24) is 4.72 Å². The minimum atomic E-state index is -4.51. The molecule has 0 aromatic heterocycles. The molecule has 0 unspecified atom stereocenters. The number of carbonyl (C=O) groups excluding carboxylic acids is 1. The van der Waals surface area contributed by atoms with Crippen molar-refractivity contribution in [1.29, 1.82) is 0 Å². The van der Waals surface area contributed by atoms with Gasteiger partial charge in [-0.15, -0.1) is 0 Å². The van der Waals surface area contributed by atoms with Crippen LogP contribution in [0, 0.1) is 0 Å². The van der Waals surface area contributed by atoms with Crippen molar-refractivity contribution in [2.45, 2.75) is 37.3 Å². The molecular formula is C21H18ClF3N2O3S. The van der Waals surface area contributed by atoms with Crippen molar-refractivity contribution < 1.29 is 26.4 Å². The number of amides is 1. The normalized spacial score (nSPS) is 14.9. The standard InChI is InChI=1S/C21H18ClF3N2O3S/c1-2-13-10-11-17(14-6-5-7-15(12-14)21(23,24)25)26-19(13)20(28)27-31(29,30)18-9-4-3-8-16(18)22/h3-9,12H,2,10-11H2,1H3,(H,27,28). The van der Waals surface area contributed by atoms with Crippen LogP contribution in [0.2, 0.25) is 5.02 Å². The molecule has 0 radical (unpaired) electrons. The van der Waals surface area contributed by atoms with Crippen molar-refractivity contribution in [3.05, 3.63) is 76.0 Å². The predicted molar refractivity (Wildman–Crippen MR) is 111 cm³/mol. The van der Waals surface area contributed by atoms with E-state index in [2.05, 4.69) is 4.99 Å². The topological polar surface area (TPSA) is 75.6 Å². The van der Waals surface area contributed by atoms with E-state index >= 15 is 0 Å². The number of benzene rings is 2. The fourth-order valence-corrected chi connectivity index (χ4v) is 4.66. The van der Waals surface area contributed by atoms with E-state index in [1.807, 2.05) is 4.72 Å². The van der Waals surface area contributed by atoms with Crippen LogP contribution < -0.4 is 4.72 Å². The maximum atomic E-state index is 13.0. The maximum absolute atomic E-state index is 13.0. The van der Waals surface area contributed by atoms with Crippen LogP contribution in [0.3, 0.4) is 0 Å². The number of aliphatic imine (C=N–C) groups is 1. The Morgan fingerprint density at radius 1 is 1.13 bits per heavy atom. The third-order valence-corrected chi connectivity index (χ3v) is 6.59. The molecule has 0 spiro atoms. The molecule has 2 aromatic carbocycles. The third kappa shape index (κ3) is 5.16. The molecule has 0 aliphatic carbocycles. The average Bonchev–Trinajstić information content (AvgIpc) is 2.72. The summed E-state index contributed by atoms with van der Waals surface area (Å²) >= 11 is 5.93. The summed E-state index contributed by atoms with van der Waals surface area (Å²) in [6, 6.07) is 10.3. The molecule has 0 atom stereocenters. The van der Waals surface area contributed by atoms with Gasteiger partial charge >= 0.3 is 6.18 Å². The largest absolute Gasteiger partial charge is 0.416 e. The molecule has 1 aliphatic heterocycles. The highest BCUT2D eigenvalue weighted by molar-refractivity contribution is 7.90. The van der Waals surface area contributed by atoms with E-state index < -0.39 is 27.7 Å². The molecule has 31 heavy (non-hydrogen) atoms. The van der Waals surface area contributed by atoms with Gasteiger partial charge in [-0.2, -0.15) is 13.2 Å². The smallest absolute Gasteiger partial charge is 0.266 e. The average molecular weight is 471 g/mol. The molecule has 1 heterocycles. The lowest BCUT2D eigenvalue weighted by atomic mass is 9.95. The van der Waals surface area contributed by atoms with Crippen LogP contribution in [0.5, 0.6) is 0 Å². The molecule has 0 fully saturated rings. The van der Waals surface area contributed by atoms with Crippen LogP contribution in [-0.2, 0) is 21.0 Å². The number of hydrogen-bond donors (Lipinski definition) is 1. The first-order chi connectivity index (χ1) is 14.5. The molecular weight excluding hydrogens is 453 g/mol. The second-order valence-electron chi connectivity index (χ2n) is 6.81. The van der Waals surface area contributed by atoms with Gasteiger partial charge in [0.2, 0.25) is 0 Å². The Bertz CT molecular complexity index is 1190. The van der Waals surface area contributed by atoms with E-state index in [4.69, 9.17) is 11.6 Å². The zero-order valence-corrected chi connectivity index (χ0v) is 17.9. The van der Waals surface area contributed by atoms with Gasteiger partial charge in [0.1, 0.15) is 10.6 Å². The van der Waals surface area contributed by atoms with Gasteiger partial charge in [0.05, 0.1) is 10.6 Å². The molecule has 1 amide bonds. The van der Waals surface area contributed by atoms with Crippen molar-refractivity contribution in [2.24, 2.45) is 4.99 Å². The van der Waals surface area contributed by atoms with Crippen LogP contribution in [0.1, 0.15) is 37.3 Å². The number of nitrogens with zero attached hydrogens (tertiary/aromatic N) is 1. The fourth-order valence-electron chi connectivity index (χ4n) is 3.19. The first-order valence-electron chi connectivity index (χ1n) is 9.32. The quantitative estimate of drug-likeness (QED) is 0.659. The van der Waals surface area contributed by atoms with E-state index in [0.717, 1.165) is 12.1 Å². The van der Waals surface area contributed by atoms with E-state index in [1.165, 1.54) is 30.3 Å². The first-order valence-corrected chi connectivity index (χ1v) is 11.2. The van der Waals surface area contributed by atoms with Crippen LogP contribution in [0.15, 0.2) is 69.7 Å². The molecule has 1 N–H and O–H groups in total. The number of halogens is 4. The highest BCUT2D eigenvalue weighted by Gasteiger charge is 2.31. The van der Waals surface area contributed by atoms with Crippen LogP contribution in [0.4, 0.5) is 13.2 Å². The van der Waals surface area contributed by atoms with Crippen LogP contribution >= 0.6 is 11.6 Å². The molecule has 0 saturated carbocycles. The Morgan fingerprint density at radius 2 is 1.84 bits per heavy atom. The molecule has 164 valence electrons. The number of carbonyl (C=O) groups is 1. The lowest BCUT2D eigenvalue weighted by Gasteiger charge is -2.19. The Hall–Kier alpha value is -2.65. The summed E-state index contributed by atoms with van der Waals surface area (Å²) in [4.78, 5) is 16.8. The predicted octanol–water partition coefficient (Wildman–Crippen LogP) is 5.11. The molecule has 0 saturated heterocycles. The van der Waals surface area contributed by atoms with Gasteiger partial charge in [0.25, 0.3) is 15.9 Å². The number of hydrogen-bond acceptors (Lipinski definition) is 4. The summed E-state index contributed by atoms with van der Waals surface area (Å²) in [6.07, 6.45) is -3.37. The minimum absolute atomic E-state index is 0.0516. The second kappa shape index (κ2) is 8.84. The van der Waals surface area contributed by atoms with Crippen molar-refractivity contribution >= 4 is 33.2 Å². The van der Waals surface area contributed by atoms with Crippen molar-refractivity contribution in [3.8, 4) is 0 Å². The van der Waals surface area contributed by atoms with E-state index in [0.29, 0.717) is 24.8 Å². The molecule has 10 heteroatoms. The summed E-state index contributed by atoms with van der Waals surface area (Å²) in [7, 11) is -4.26. The van der Waals surface area contributed by atoms with Crippen LogP contribution in [0.25, 0.3) is 0 Å². The zero-order chi connectivity index (χ0) is 22.8. The van der Waals surface area contributed by atoms with Gasteiger partial charge in [-0.1, -0.05) is 42.8 Å². The monoisotopic (exact) mass is 470 g/mol. The van der Waals surface area contributed by atoms with Crippen molar-refractivity contribution in [2.75, 3.05) is 0 Å². The lowest BCUT2D eigenvalue weighted by Crippen LogP contribution is -2.33. The number of sulfonamides is 1. The summed E-state index contributed by atoms with van der Waals surface area (Å²) in [6.45, 7) is 1.79. The Labute approximate surface area is 182 Å². The fraction of sp³-hybridized carbons (Fsp3) is 0.238. The molecule has 2 aromatic rings. The maximum Gasteiger partial charge on any atom is 0.416 e. The summed E-state index contributed by atoms with van der Waals surface area (Å²) in [5, 5.41) is -0.0516. The molecule has 5 nitrogen and oxygen atoms in total. The summed E-state index contributed by atoms with van der Waals surface area (Å²) in [5.74, 6) is -0.957. The Kier molecular flexibility index (Phi) is 6.56. The Morgan fingerprint density at radius 3 is 2.48 bits per heavy atom. The van der Waals surface area contributed by atoms with E-state index in [-0.39, 0.29) is 26.9 Å². The highest BCUT2D eigenvalue weighted by Crippen LogP contribution is 2.31. The summed E-state index contributed by atoms with van der Waals surface area (Å²) < 4.78 is 66.3. The number of allylic oxidation sites excluding steroid dienone is 1. The number of nitrogens with one attached hydrogen (secondary N) is 1. The summed E-state index contributed by atoms with van der Waals surface area (Å²) in [5.41, 5.74) is 0.178. The van der Waals surface area contributed by atoms with Crippen molar-refractivity contribution in [3.63, 3.8) is 0 Å². The van der Waals surface area contributed by atoms with Gasteiger partial charge < -0.3 is 0 Å². The molecule has 3 rings (SSSR count). The van der Waals surface area contributed by atoms with Gasteiger partial charge in [-0.25, -0.2) is 18.1 Å². The molecule has 1 aliphatic rings. The number of alkyl halides is 3. The van der Waals surface area contributed by atoms with E-state index in [9.17, 15) is 26.4 Å². The number of rotatable bonds is 5. The lowest BCUT2D eigenvalue weighted by molar-refractivity contribution is -0.137. The second-order valence-corrected chi connectivity index (χ2v) is 8.87. The third-order valence-electron chi connectivity index (χ3n) is 4.76. The zero-order valence-electron chi connectivity index (χ0n) is 16.3.